The predicted octanol–water partition coefficient (Wildman–Crippen LogP) is 1.57. The molecular formula is C6H10O. The second-order valence-electron chi connectivity index (χ2n) is 1.03. The molecule has 0 N–H and O–H groups in total. The Morgan fingerprint density at radius 1 is 1.43 bits per heavy atom. The third-order valence-electron chi connectivity index (χ3n) is 0.477. The van der Waals surface area contributed by atoms with Crippen LogP contribution in [-0.2, 0) is 4.74 Å². The van der Waals surface area contributed by atoms with Crippen molar-refractivity contribution >= 4 is 0 Å². The van der Waals surface area contributed by atoms with E-state index < -0.39 is 0 Å². The van der Waals surface area contributed by atoms with E-state index in [-0.39, 0.29) is 0 Å². The number of allylic oxidation sites excluding steroid dienone is 1. The highest BCUT2D eigenvalue weighted by Crippen LogP contribution is 1.78. The molecule has 0 aromatic heterocycles. The summed E-state index contributed by atoms with van der Waals surface area (Å²) in [6, 6.07) is 0. The van der Waals surface area contributed by atoms with Gasteiger partial charge in [0.2, 0.25) is 0 Å². The first-order valence-electron chi connectivity index (χ1n) is 2.27. The highest BCUT2D eigenvalue weighted by Gasteiger charge is 1.65. The Morgan fingerprint density at radius 3 is 2.57 bits per heavy atom. The lowest BCUT2D eigenvalue weighted by molar-refractivity contribution is 0.287. The first-order valence-corrected chi connectivity index (χ1v) is 2.27. The molecule has 2 radical (unpaired) electrons. The molecule has 7 heavy (non-hydrogen) atoms. The molecule has 0 saturated carbocycles. The number of hydrogen-bond acceptors (Lipinski definition) is 1. The van der Waals surface area contributed by atoms with Gasteiger partial charge >= 0.3 is 0 Å². The van der Waals surface area contributed by atoms with E-state index >= 15 is 0 Å². The van der Waals surface area contributed by atoms with E-state index in [2.05, 4.69) is 13.8 Å². The molecule has 0 rings (SSSR count). The molecule has 0 amide bonds. The van der Waals surface area contributed by atoms with Crippen molar-refractivity contribution < 1.29 is 4.74 Å². The quantitative estimate of drug-likeness (QED) is 0.487. The lowest BCUT2D eigenvalue weighted by Gasteiger charge is -1.88. The Balaban J connectivity index is 2.78. The fraction of sp³-hybridized carbons (Fsp3) is 0.333. The molecule has 0 aliphatic carbocycles. The van der Waals surface area contributed by atoms with Crippen LogP contribution in [0.2, 0.25) is 0 Å². The molecule has 0 spiro atoms. The molecule has 0 aromatic rings. The van der Waals surface area contributed by atoms with Gasteiger partial charge < -0.3 is 4.74 Å². The Bertz CT molecular complexity index is 48.1. The van der Waals surface area contributed by atoms with Gasteiger partial charge in [-0.15, -0.1) is 0 Å². The highest BCUT2D eigenvalue weighted by molar-refractivity contribution is 4.73. The van der Waals surface area contributed by atoms with Crippen molar-refractivity contribution in [1.29, 1.82) is 0 Å². The summed E-state index contributed by atoms with van der Waals surface area (Å²) in [5.41, 5.74) is 0. The van der Waals surface area contributed by atoms with Gasteiger partial charge in [-0.1, -0.05) is 0 Å². The Hall–Kier alpha value is -0.460. The zero-order valence-electron chi connectivity index (χ0n) is 4.39. The standard InChI is InChI=1S/C6H10O/c1-3-5-6-7-4-2/h5-6H,1-4H2. The summed E-state index contributed by atoms with van der Waals surface area (Å²) in [7, 11) is 0. The molecule has 0 aliphatic rings. The van der Waals surface area contributed by atoms with Crippen LogP contribution in [0.25, 0.3) is 0 Å². The number of hydrogen-bond donors (Lipinski definition) is 0. The molecule has 1 nitrogen and oxygen atoms in total. The maximum absolute atomic E-state index is 4.74. The van der Waals surface area contributed by atoms with Gasteiger partial charge in [-0.3, -0.25) is 0 Å². The van der Waals surface area contributed by atoms with Crippen molar-refractivity contribution in [2.75, 3.05) is 6.61 Å². The highest BCUT2D eigenvalue weighted by atomic mass is 16.5. The molecule has 40 valence electrons. The lowest BCUT2D eigenvalue weighted by Crippen LogP contribution is -1.75. The number of rotatable bonds is 3. The summed E-state index contributed by atoms with van der Waals surface area (Å²) in [4.78, 5) is 0. The topological polar surface area (TPSA) is 9.23 Å². The van der Waals surface area contributed by atoms with Crippen LogP contribution in [0.4, 0.5) is 0 Å². The largest absolute Gasteiger partial charge is 0.502 e. The van der Waals surface area contributed by atoms with Gasteiger partial charge in [0.25, 0.3) is 0 Å². The van der Waals surface area contributed by atoms with Crippen LogP contribution in [0.15, 0.2) is 12.3 Å². The van der Waals surface area contributed by atoms with E-state index in [1.54, 1.807) is 6.26 Å². The summed E-state index contributed by atoms with van der Waals surface area (Å²) in [6.07, 6.45) is 4.23. The molecule has 0 fully saturated rings. The summed E-state index contributed by atoms with van der Waals surface area (Å²) < 4.78 is 4.74. The van der Waals surface area contributed by atoms with E-state index in [1.807, 2.05) is 6.08 Å². The maximum atomic E-state index is 4.74. The summed E-state index contributed by atoms with van der Waals surface area (Å²) in [5.74, 6) is 0. The second-order valence-corrected chi connectivity index (χ2v) is 1.03. The van der Waals surface area contributed by atoms with E-state index in [0.29, 0.717) is 6.61 Å². The van der Waals surface area contributed by atoms with Crippen LogP contribution in [-0.4, -0.2) is 6.61 Å². The SMILES string of the molecule is [CH2]CC=COC[CH2]. The molecule has 0 atom stereocenters. The molecule has 0 aromatic carbocycles. The summed E-state index contributed by atoms with van der Waals surface area (Å²) >= 11 is 0. The molecule has 0 unspecified atom stereocenters. The zero-order chi connectivity index (χ0) is 5.54. The monoisotopic (exact) mass is 98.1 g/mol. The van der Waals surface area contributed by atoms with Gasteiger partial charge in [0.05, 0.1) is 12.9 Å². The Labute approximate surface area is 45.0 Å². The molecule has 0 saturated heterocycles. The van der Waals surface area contributed by atoms with Crippen molar-refractivity contribution in [3.63, 3.8) is 0 Å². The normalized spacial score (nSPS) is 10.0. The van der Waals surface area contributed by atoms with Crippen molar-refractivity contribution in [3.05, 3.63) is 26.2 Å². The van der Waals surface area contributed by atoms with Gasteiger partial charge in [-0.05, 0) is 26.3 Å². The van der Waals surface area contributed by atoms with Gasteiger partial charge in [-0.2, -0.15) is 0 Å². The van der Waals surface area contributed by atoms with Gasteiger partial charge in [0.1, 0.15) is 0 Å². The van der Waals surface area contributed by atoms with Crippen LogP contribution in [0, 0.1) is 13.8 Å². The molecule has 0 aliphatic heterocycles. The van der Waals surface area contributed by atoms with E-state index in [9.17, 15) is 0 Å². The van der Waals surface area contributed by atoms with E-state index in [4.69, 9.17) is 4.74 Å². The predicted molar refractivity (Wildman–Crippen MR) is 30.4 cm³/mol. The maximum Gasteiger partial charge on any atom is 0.0874 e. The molecule has 0 heterocycles. The van der Waals surface area contributed by atoms with Crippen LogP contribution in [0.5, 0.6) is 0 Å². The van der Waals surface area contributed by atoms with Gasteiger partial charge in [0.15, 0.2) is 0 Å². The third-order valence-corrected chi connectivity index (χ3v) is 0.477. The average Bonchev–Trinajstić information content (AvgIpc) is 1.69. The van der Waals surface area contributed by atoms with Crippen molar-refractivity contribution in [3.8, 4) is 0 Å². The Morgan fingerprint density at radius 2 is 2.14 bits per heavy atom. The fourth-order valence-corrected chi connectivity index (χ4v) is 0.204. The zero-order valence-corrected chi connectivity index (χ0v) is 4.39. The summed E-state index contributed by atoms with van der Waals surface area (Å²) in [5, 5.41) is 0. The van der Waals surface area contributed by atoms with E-state index in [1.165, 1.54) is 0 Å². The summed E-state index contributed by atoms with van der Waals surface area (Å²) in [6.45, 7) is 7.53. The first kappa shape index (κ1) is 6.54. The van der Waals surface area contributed by atoms with Crippen LogP contribution in [0.1, 0.15) is 6.42 Å². The first-order chi connectivity index (χ1) is 3.41. The molecule has 1 heteroatoms. The average molecular weight is 98.1 g/mol. The van der Waals surface area contributed by atoms with Crippen LogP contribution in [0.3, 0.4) is 0 Å². The minimum absolute atomic E-state index is 0.497. The Kier molecular flexibility index (Phi) is 5.18. The smallest absolute Gasteiger partial charge is 0.0874 e. The van der Waals surface area contributed by atoms with Gasteiger partial charge in [-0.25, -0.2) is 0 Å². The third kappa shape index (κ3) is 5.54. The van der Waals surface area contributed by atoms with Crippen molar-refractivity contribution in [2.24, 2.45) is 0 Å². The minimum Gasteiger partial charge on any atom is -0.502 e. The van der Waals surface area contributed by atoms with E-state index in [0.717, 1.165) is 6.42 Å². The lowest BCUT2D eigenvalue weighted by atomic mass is 10.5. The van der Waals surface area contributed by atoms with Crippen molar-refractivity contribution in [1.82, 2.24) is 0 Å². The number of ether oxygens (including phenoxy) is 1. The van der Waals surface area contributed by atoms with Crippen LogP contribution >= 0.6 is 0 Å². The molecule has 0 bridgehead atoms. The van der Waals surface area contributed by atoms with Crippen molar-refractivity contribution in [2.45, 2.75) is 6.42 Å². The fourth-order valence-electron chi connectivity index (χ4n) is 0.204. The van der Waals surface area contributed by atoms with Gasteiger partial charge in [0, 0.05) is 0 Å². The second kappa shape index (κ2) is 5.54. The molecular weight excluding hydrogens is 88.1 g/mol. The minimum atomic E-state index is 0.497. The van der Waals surface area contributed by atoms with Crippen LogP contribution < -0.4 is 0 Å².